The molecule has 2 rings (SSSR count). The number of morpholine rings is 1. The van der Waals surface area contributed by atoms with Gasteiger partial charge < -0.3 is 10.1 Å². The van der Waals surface area contributed by atoms with E-state index >= 15 is 0 Å². The molecule has 1 heterocycles. The molecule has 1 aliphatic rings. The first-order valence-electron chi connectivity index (χ1n) is 6.62. The fraction of sp³-hybridized carbons (Fsp3) is 0.600. The van der Waals surface area contributed by atoms with Crippen molar-refractivity contribution in [3.05, 3.63) is 35.4 Å². The third-order valence-electron chi connectivity index (χ3n) is 4.03. The lowest BCUT2D eigenvalue weighted by Gasteiger charge is -2.40. The first-order chi connectivity index (χ1) is 8.19. The van der Waals surface area contributed by atoms with Gasteiger partial charge in [-0.2, -0.15) is 0 Å². The number of nitrogens with one attached hydrogen (secondary N) is 1. The Morgan fingerprint density at radius 3 is 2.35 bits per heavy atom. The van der Waals surface area contributed by atoms with Gasteiger partial charge in [-0.05, 0) is 25.3 Å². The highest BCUT2D eigenvalue weighted by Crippen LogP contribution is 2.27. The van der Waals surface area contributed by atoms with Gasteiger partial charge in [0.1, 0.15) is 0 Å². The number of ether oxygens (including phenoxy) is 1. The van der Waals surface area contributed by atoms with Crippen molar-refractivity contribution in [1.29, 1.82) is 0 Å². The van der Waals surface area contributed by atoms with E-state index in [2.05, 4.69) is 50.4 Å². The molecule has 0 radical (unpaired) electrons. The van der Waals surface area contributed by atoms with Gasteiger partial charge in [-0.25, -0.2) is 0 Å². The van der Waals surface area contributed by atoms with Crippen molar-refractivity contribution in [2.45, 2.75) is 45.3 Å². The Hall–Kier alpha value is -0.860. The lowest BCUT2D eigenvalue weighted by atomic mass is 9.91. The van der Waals surface area contributed by atoms with Crippen LogP contribution >= 0.6 is 0 Å². The van der Waals surface area contributed by atoms with Crippen molar-refractivity contribution < 1.29 is 4.74 Å². The van der Waals surface area contributed by atoms with E-state index in [0.29, 0.717) is 0 Å². The van der Waals surface area contributed by atoms with Gasteiger partial charge in [0, 0.05) is 12.1 Å². The average Bonchev–Trinajstić information content (AvgIpc) is 2.40. The zero-order valence-corrected chi connectivity index (χ0v) is 11.1. The SMILES string of the molecule is CCC1(CC)COC(c2ccc(C)cc2)CN1. The second-order valence-electron chi connectivity index (χ2n) is 5.08. The smallest absolute Gasteiger partial charge is 0.0950 e. The van der Waals surface area contributed by atoms with Crippen LogP contribution in [-0.4, -0.2) is 18.7 Å². The molecular formula is C15H23NO. The number of aryl methyl sites for hydroxylation is 1. The normalized spacial score (nSPS) is 23.6. The van der Waals surface area contributed by atoms with Crippen LogP contribution in [0.15, 0.2) is 24.3 Å². The zero-order valence-electron chi connectivity index (χ0n) is 11.1. The number of hydrogen-bond acceptors (Lipinski definition) is 2. The molecule has 0 amide bonds. The van der Waals surface area contributed by atoms with E-state index in [0.717, 1.165) is 26.0 Å². The predicted molar refractivity (Wildman–Crippen MR) is 71.2 cm³/mol. The highest BCUT2D eigenvalue weighted by molar-refractivity contribution is 5.24. The molecular weight excluding hydrogens is 210 g/mol. The minimum atomic E-state index is 0.196. The van der Waals surface area contributed by atoms with Crippen LogP contribution in [0.3, 0.4) is 0 Å². The monoisotopic (exact) mass is 233 g/mol. The molecule has 0 aromatic heterocycles. The van der Waals surface area contributed by atoms with E-state index in [1.807, 2.05) is 0 Å². The molecule has 1 atom stereocenters. The molecule has 0 spiro atoms. The minimum Gasteiger partial charge on any atom is -0.370 e. The lowest BCUT2D eigenvalue weighted by Crippen LogP contribution is -2.54. The van der Waals surface area contributed by atoms with Crippen molar-refractivity contribution >= 4 is 0 Å². The summed E-state index contributed by atoms with van der Waals surface area (Å²) in [6.45, 7) is 8.31. The molecule has 94 valence electrons. The van der Waals surface area contributed by atoms with Gasteiger partial charge in [0.2, 0.25) is 0 Å². The summed E-state index contributed by atoms with van der Waals surface area (Å²) in [5.74, 6) is 0. The van der Waals surface area contributed by atoms with Crippen LogP contribution in [0.25, 0.3) is 0 Å². The molecule has 1 aliphatic heterocycles. The van der Waals surface area contributed by atoms with E-state index in [4.69, 9.17) is 4.74 Å². The fourth-order valence-corrected chi connectivity index (χ4v) is 2.38. The van der Waals surface area contributed by atoms with Crippen molar-refractivity contribution in [1.82, 2.24) is 5.32 Å². The van der Waals surface area contributed by atoms with Gasteiger partial charge in [-0.3, -0.25) is 0 Å². The summed E-state index contributed by atoms with van der Waals surface area (Å²) in [5, 5.41) is 3.67. The van der Waals surface area contributed by atoms with Crippen LogP contribution in [0.1, 0.15) is 43.9 Å². The molecule has 1 aromatic rings. The van der Waals surface area contributed by atoms with E-state index in [-0.39, 0.29) is 11.6 Å². The maximum atomic E-state index is 6.04. The van der Waals surface area contributed by atoms with Gasteiger partial charge >= 0.3 is 0 Å². The molecule has 1 aromatic carbocycles. The average molecular weight is 233 g/mol. The second kappa shape index (κ2) is 5.19. The Morgan fingerprint density at radius 2 is 1.88 bits per heavy atom. The standard InChI is InChI=1S/C15H23NO/c1-4-15(5-2)11-17-14(10-16-15)13-8-6-12(3)7-9-13/h6-9,14,16H,4-5,10-11H2,1-3H3. The van der Waals surface area contributed by atoms with Gasteiger partial charge in [0.05, 0.1) is 12.7 Å². The summed E-state index contributed by atoms with van der Waals surface area (Å²) in [4.78, 5) is 0. The molecule has 2 nitrogen and oxygen atoms in total. The summed E-state index contributed by atoms with van der Waals surface area (Å²) in [6.07, 6.45) is 2.47. The van der Waals surface area contributed by atoms with Crippen molar-refractivity contribution in [3.63, 3.8) is 0 Å². The van der Waals surface area contributed by atoms with E-state index in [1.54, 1.807) is 0 Å². The third kappa shape index (κ3) is 2.70. The van der Waals surface area contributed by atoms with Crippen LogP contribution in [0.2, 0.25) is 0 Å². The largest absolute Gasteiger partial charge is 0.370 e. The lowest BCUT2D eigenvalue weighted by molar-refractivity contribution is -0.0374. The molecule has 1 N–H and O–H groups in total. The fourth-order valence-electron chi connectivity index (χ4n) is 2.38. The molecule has 0 aliphatic carbocycles. The van der Waals surface area contributed by atoms with Crippen LogP contribution in [0.4, 0.5) is 0 Å². The van der Waals surface area contributed by atoms with E-state index in [1.165, 1.54) is 11.1 Å². The predicted octanol–water partition coefficient (Wildman–Crippen LogP) is 3.21. The highest BCUT2D eigenvalue weighted by Gasteiger charge is 2.32. The van der Waals surface area contributed by atoms with Crippen molar-refractivity contribution in [3.8, 4) is 0 Å². The Bertz CT molecular complexity index is 344. The summed E-state index contributed by atoms with van der Waals surface area (Å²) < 4.78 is 6.04. The molecule has 1 unspecified atom stereocenters. The van der Waals surface area contributed by atoms with Gasteiger partial charge in [-0.15, -0.1) is 0 Å². The first kappa shape index (κ1) is 12.6. The third-order valence-corrected chi connectivity index (χ3v) is 4.03. The van der Waals surface area contributed by atoms with Gasteiger partial charge in [0.25, 0.3) is 0 Å². The van der Waals surface area contributed by atoms with Crippen molar-refractivity contribution in [2.24, 2.45) is 0 Å². The molecule has 0 saturated carbocycles. The van der Waals surface area contributed by atoms with Crippen LogP contribution in [0, 0.1) is 6.92 Å². The second-order valence-corrected chi connectivity index (χ2v) is 5.08. The molecule has 0 bridgehead atoms. The minimum absolute atomic E-state index is 0.196. The topological polar surface area (TPSA) is 21.3 Å². The molecule has 17 heavy (non-hydrogen) atoms. The number of hydrogen-bond donors (Lipinski definition) is 1. The quantitative estimate of drug-likeness (QED) is 0.865. The summed E-state index contributed by atoms with van der Waals surface area (Å²) in [7, 11) is 0. The Balaban J connectivity index is 2.01. The van der Waals surface area contributed by atoms with Crippen molar-refractivity contribution in [2.75, 3.05) is 13.2 Å². The van der Waals surface area contributed by atoms with Crippen LogP contribution in [0.5, 0.6) is 0 Å². The van der Waals surface area contributed by atoms with Crippen LogP contribution < -0.4 is 5.32 Å². The Morgan fingerprint density at radius 1 is 1.24 bits per heavy atom. The maximum Gasteiger partial charge on any atom is 0.0950 e. The van der Waals surface area contributed by atoms with Gasteiger partial charge in [-0.1, -0.05) is 43.7 Å². The molecule has 1 fully saturated rings. The summed E-state index contributed by atoms with van der Waals surface area (Å²) in [6, 6.07) is 8.65. The van der Waals surface area contributed by atoms with E-state index < -0.39 is 0 Å². The number of benzene rings is 1. The maximum absolute atomic E-state index is 6.04. The molecule has 1 saturated heterocycles. The molecule has 2 heteroatoms. The van der Waals surface area contributed by atoms with Crippen LogP contribution in [-0.2, 0) is 4.74 Å². The summed E-state index contributed by atoms with van der Waals surface area (Å²) in [5.41, 5.74) is 2.78. The Kier molecular flexibility index (Phi) is 3.85. The summed E-state index contributed by atoms with van der Waals surface area (Å²) >= 11 is 0. The Labute approximate surface area is 104 Å². The first-order valence-corrected chi connectivity index (χ1v) is 6.62. The van der Waals surface area contributed by atoms with Gasteiger partial charge in [0.15, 0.2) is 0 Å². The zero-order chi connectivity index (χ0) is 12.3. The number of rotatable bonds is 3. The van der Waals surface area contributed by atoms with E-state index in [9.17, 15) is 0 Å². The highest BCUT2D eigenvalue weighted by atomic mass is 16.5.